The molecule has 1 fully saturated rings. The van der Waals surface area contributed by atoms with Gasteiger partial charge in [0.05, 0.1) is 18.4 Å². The predicted octanol–water partition coefficient (Wildman–Crippen LogP) is 2.10. The summed E-state index contributed by atoms with van der Waals surface area (Å²) < 4.78 is 5.63. The number of aromatic nitrogens is 1. The number of carboxylic acids is 1. The predicted molar refractivity (Wildman–Crippen MR) is 77.7 cm³/mol. The normalized spacial score (nSPS) is 15.1. The van der Waals surface area contributed by atoms with Crippen molar-refractivity contribution in [3.05, 3.63) is 17.5 Å². The minimum Gasteiger partial charge on any atom is -0.477 e. The van der Waals surface area contributed by atoms with Crippen LogP contribution in [0.3, 0.4) is 0 Å². The van der Waals surface area contributed by atoms with Crippen molar-refractivity contribution in [1.82, 2.24) is 10.3 Å². The van der Waals surface area contributed by atoms with Crippen molar-refractivity contribution in [3.8, 4) is 0 Å². The molecule has 4 N–H and O–H groups in total. The van der Waals surface area contributed by atoms with E-state index in [1.165, 1.54) is 12.8 Å². The number of carboxylic acid groups (broad SMARTS) is 1. The summed E-state index contributed by atoms with van der Waals surface area (Å²) in [5, 5.41) is 14.2. The van der Waals surface area contributed by atoms with E-state index >= 15 is 0 Å². The van der Waals surface area contributed by atoms with Gasteiger partial charge in [-0.25, -0.2) is 9.59 Å². The third-order valence-corrected chi connectivity index (χ3v) is 3.46. The van der Waals surface area contributed by atoms with Gasteiger partial charge in [0.2, 0.25) is 0 Å². The van der Waals surface area contributed by atoms with E-state index in [0.29, 0.717) is 24.9 Å². The zero-order valence-corrected chi connectivity index (χ0v) is 12.1. The molecule has 1 saturated carbocycles. The van der Waals surface area contributed by atoms with Crippen LogP contribution in [0.5, 0.6) is 0 Å². The number of nitrogens with one attached hydrogen (secondary N) is 3. The van der Waals surface area contributed by atoms with E-state index in [0.717, 1.165) is 12.8 Å². The number of carbonyl (C=O) groups excluding carboxylic acids is 1. The van der Waals surface area contributed by atoms with Crippen LogP contribution in [-0.4, -0.2) is 41.3 Å². The summed E-state index contributed by atoms with van der Waals surface area (Å²) in [6.45, 7) is 2.59. The summed E-state index contributed by atoms with van der Waals surface area (Å²) in [6, 6.07) is 1.14. The maximum atomic E-state index is 11.7. The first kappa shape index (κ1) is 15.4. The van der Waals surface area contributed by atoms with Crippen LogP contribution in [0.15, 0.2) is 6.07 Å². The summed E-state index contributed by atoms with van der Waals surface area (Å²) >= 11 is 0. The Balaban J connectivity index is 1.72. The Morgan fingerprint density at radius 1 is 1.43 bits per heavy atom. The summed E-state index contributed by atoms with van der Waals surface area (Å²) in [4.78, 5) is 25.4. The van der Waals surface area contributed by atoms with Crippen molar-refractivity contribution in [2.24, 2.45) is 0 Å². The molecule has 2 rings (SSSR count). The highest BCUT2D eigenvalue weighted by Crippen LogP contribution is 2.20. The number of aromatic amines is 1. The fourth-order valence-electron chi connectivity index (χ4n) is 2.47. The van der Waals surface area contributed by atoms with Crippen LogP contribution in [0.4, 0.5) is 10.5 Å². The number of aromatic carboxylic acids is 1. The molecule has 0 spiro atoms. The van der Waals surface area contributed by atoms with Gasteiger partial charge in [0.15, 0.2) is 0 Å². The maximum absolute atomic E-state index is 11.7. The molecule has 21 heavy (non-hydrogen) atoms. The van der Waals surface area contributed by atoms with Crippen LogP contribution in [0.25, 0.3) is 0 Å². The summed E-state index contributed by atoms with van der Waals surface area (Å²) in [6.07, 6.45) is 4.93. The molecule has 7 heteroatoms. The Morgan fingerprint density at radius 2 is 2.14 bits per heavy atom. The molecule has 116 valence electrons. The van der Waals surface area contributed by atoms with Crippen molar-refractivity contribution in [3.63, 3.8) is 0 Å². The number of ether oxygens (including phenoxy) is 1. The summed E-state index contributed by atoms with van der Waals surface area (Å²) in [5.41, 5.74) is 0.909. The Labute approximate surface area is 123 Å². The first-order valence-electron chi connectivity index (χ1n) is 7.15. The molecule has 1 aliphatic rings. The molecule has 1 aliphatic carbocycles. The Kier molecular flexibility index (Phi) is 5.21. The van der Waals surface area contributed by atoms with Crippen molar-refractivity contribution in [1.29, 1.82) is 0 Å². The van der Waals surface area contributed by atoms with Gasteiger partial charge in [0.1, 0.15) is 5.69 Å². The molecular formula is C14H21N3O4. The molecule has 2 amide bonds. The Morgan fingerprint density at radius 3 is 2.81 bits per heavy atom. The number of rotatable bonds is 6. The monoisotopic (exact) mass is 295 g/mol. The maximum Gasteiger partial charge on any atom is 0.354 e. The molecule has 0 aliphatic heterocycles. The number of aryl methyl sites for hydroxylation is 1. The van der Waals surface area contributed by atoms with Gasteiger partial charge in [0, 0.05) is 12.2 Å². The van der Waals surface area contributed by atoms with Crippen molar-refractivity contribution >= 4 is 17.7 Å². The van der Waals surface area contributed by atoms with Crippen molar-refractivity contribution in [2.75, 3.05) is 18.5 Å². The Bertz CT molecular complexity index is 506. The van der Waals surface area contributed by atoms with E-state index in [2.05, 4.69) is 15.6 Å². The zero-order chi connectivity index (χ0) is 15.2. The van der Waals surface area contributed by atoms with Crippen LogP contribution < -0.4 is 10.6 Å². The fraction of sp³-hybridized carbons (Fsp3) is 0.571. The lowest BCUT2D eigenvalue weighted by atomic mass is 10.3. The number of anilines is 1. The van der Waals surface area contributed by atoms with E-state index in [4.69, 9.17) is 9.84 Å². The van der Waals surface area contributed by atoms with Gasteiger partial charge in [-0.1, -0.05) is 12.8 Å². The van der Waals surface area contributed by atoms with Gasteiger partial charge < -0.3 is 25.5 Å². The summed E-state index contributed by atoms with van der Waals surface area (Å²) in [5.74, 6) is -1.11. The quantitative estimate of drug-likeness (QED) is 0.603. The van der Waals surface area contributed by atoms with E-state index in [1.54, 1.807) is 13.0 Å². The third kappa shape index (κ3) is 4.49. The van der Waals surface area contributed by atoms with Gasteiger partial charge in [-0.15, -0.1) is 0 Å². The molecule has 7 nitrogen and oxygen atoms in total. The molecular weight excluding hydrogens is 274 g/mol. The lowest BCUT2D eigenvalue weighted by molar-refractivity contribution is 0.0615. The standard InChI is InChI=1S/C14H21N3O4/c1-9-8-11(12(16-9)13(18)19)17-14(20)15-6-7-21-10-4-2-3-5-10/h8,10,16H,2-7H2,1H3,(H,18,19)(H2,15,17,20). The third-order valence-electron chi connectivity index (χ3n) is 3.46. The zero-order valence-electron chi connectivity index (χ0n) is 12.1. The Hall–Kier alpha value is -2.02. The minimum absolute atomic E-state index is 0.0233. The van der Waals surface area contributed by atoms with Crippen molar-refractivity contribution in [2.45, 2.75) is 38.7 Å². The van der Waals surface area contributed by atoms with E-state index in [-0.39, 0.29) is 11.4 Å². The molecule has 1 aromatic rings. The van der Waals surface area contributed by atoms with Gasteiger partial charge in [0.25, 0.3) is 0 Å². The average molecular weight is 295 g/mol. The van der Waals surface area contributed by atoms with Crippen molar-refractivity contribution < 1.29 is 19.4 Å². The molecule has 0 bridgehead atoms. The first-order chi connectivity index (χ1) is 10.1. The number of hydrogen-bond acceptors (Lipinski definition) is 3. The number of hydrogen-bond donors (Lipinski definition) is 4. The van der Waals surface area contributed by atoms with Crippen LogP contribution in [-0.2, 0) is 4.74 Å². The SMILES string of the molecule is Cc1cc(NC(=O)NCCOC2CCCC2)c(C(=O)O)[nH]1. The largest absolute Gasteiger partial charge is 0.477 e. The second-order valence-corrected chi connectivity index (χ2v) is 5.20. The molecule has 0 aromatic carbocycles. The van der Waals surface area contributed by atoms with E-state index < -0.39 is 12.0 Å². The number of amides is 2. The number of carbonyl (C=O) groups is 2. The lowest BCUT2D eigenvalue weighted by Gasteiger charge is -2.11. The number of H-pyrrole nitrogens is 1. The van der Waals surface area contributed by atoms with Gasteiger partial charge in [-0.2, -0.15) is 0 Å². The topological polar surface area (TPSA) is 103 Å². The van der Waals surface area contributed by atoms with E-state index in [1.807, 2.05) is 0 Å². The molecule has 1 heterocycles. The minimum atomic E-state index is -1.11. The molecule has 0 radical (unpaired) electrons. The molecule has 1 aromatic heterocycles. The highest BCUT2D eigenvalue weighted by atomic mass is 16.5. The van der Waals surface area contributed by atoms with Crippen LogP contribution in [0.2, 0.25) is 0 Å². The molecule has 0 atom stereocenters. The molecule has 0 saturated heterocycles. The second-order valence-electron chi connectivity index (χ2n) is 5.20. The van der Waals surface area contributed by atoms with Gasteiger partial charge >= 0.3 is 12.0 Å². The van der Waals surface area contributed by atoms with Crippen LogP contribution in [0.1, 0.15) is 41.9 Å². The first-order valence-corrected chi connectivity index (χ1v) is 7.15. The van der Waals surface area contributed by atoms with Crippen LogP contribution in [0, 0.1) is 6.92 Å². The lowest BCUT2D eigenvalue weighted by Crippen LogP contribution is -2.32. The molecule has 0 unspecified atom stereocenters. The van der Waals surface area contributed by atoms with Gasteiger partial charge in [-0.3, -0.25) is 0 Å². The highest BCUT2D eigenvalue weighted by Gasteiger charge is 2.16. The highest BCUT2D eigenvalue weighted by molar-refractivity contribution is 5.99. The second kappa shape index (κ2) is 7.12. The van der Waals surface area contributed by atoms with Gasteiger partial charge in [-0.05, 0) is 25.8 Å². The fourth-order valence-corrected chi connectivity index (χ4v) is 2.47. The average Bonchev–Trinajstić information content (AvgIpc) is 3.04. The van der Waals surface area contributed by atoms with E-state index in [9.17, 15) is 9.59 Å². The smallest absolute Gasteiger partial charge is 0.354 e. The summed E-state index contributed by atoms with van der Waals surface area (Å²) in [7, 11) is 0. The number of urea groups is 1. The van der Waals surface area contributed by atoms with Crippen LogP contribution >= 0.6 is 0 Å².